The van der Waals surface area contributed by atoms with Crippen LogP contribution in [-0.4, -0.2) is 43.0 Å². The zero-order valence-electron chi connectivity index (χ0n) is 19.0. The van der Waals surface area contributed by atoms with Crippen molar-refractivity contribution in [3.05, 3.63) is 52.8 Å². The average molecular weight is 412 g/mol. The van der Waals surface area contributed by atoms with Crippen molar-refractivity contribution in [1.29, 1.82) is 0 Å². The number of nitrogens with zero attached hydrogens (tertiary/aromatic N) is 3. The number of hydrogen-bond donors (Lipinski definition) is 2. The van der Waals surface area contributed by atoms with Crippen LogP contribution in [0.2, 0.25) is 0 Å². The fraction of sp³-hybridized carbons (Fsp3) is 0.583. The molecule has 1 aliphatic carbocycles. The van der Waals surface area contributed by atoms with E-state index in [1.54, 1.807) is 7.11 Å². The van der Waals surface area contributed by atoms with Crippen molar-refractivity contribution in [2.45, 2.75) is 59.0 Å². The number of benzene rings is 1. The van der Waals surface area contributed by atoms with Crippen LogP contribution in [-0.2, 0) is 17.8 Å². The number of aryl methyl sites for hydroxylation is 1. The maximum Gasteiger partial charge on any atom is 0.191 e. The van der Waals surface area contributed by atoms with Gasteiger partial charge in [-0.25, -0.2) is 0 Å². The summed E-state index contributed by atoms with van der Waals surface area (Å²) in [6, 6.07) is 10.5. The molecule has 6 nitrogen and oxygen atoms in total. The molecule has 0 radical (unpaired) electrons. The van der Waals surface area contributed by atoms with Crippen molar-refractivity contribution in [1.82, 2.24) is 20.4 Å². The first-order chi connectivity index (χ1) is 14.6. The summed E-state index contributed by atoms with van der Waals surface area (Å²) < 4.78 is 7.45. The molecule has 2 N–H and O–H groups in total. The molecule has 2 aromatic rings. The van der Waals surface area contributed by atoms with E-state index in [9.17, 15) is 0 Å². The van der Waals surface area contributed by atoms with Crippen molar-refractivity contribution in [2.75, 3.05) is 27.3 Å². The van der Waals surface area contributed by atoms with E-state index in [0.29, 0.717) is 5.41 Å². The van der Waals surface area contributed by atoms with Crippen LogP contribution < -0.4 is 10.6 Å². The quantitative estimate of drug-likeness (QED) is 0.486. The highest BCUT2D eigenvalue weighted by molar-refractivity contribution is 5.79. The third-order valence-electron chi connectivity index (χ3n) is 6.49. The number of methoxy groups -OCH3 is 1. The van der Waals surface area contributed by atoms with Gasteiger partial charge in [-0.1, -0.05) is 43.2 Å². The minimum atomic E-state index is 0.333. The molecule has 1 saturated carbocycles. The Morgan fingerprint density at radius 2 is 1.90 bits per heavy atom. The van der Waals surface area contributed by atoms with Gasteiger partial charge in [-0.15, -0.1) is 0 Å². The molecule has 0 atom stereocenters. The Labute approximate surface area is 181 Å². The maximum absolute atomic E-state index is 5.36. The summed E-state index contributed by atoms with van der Waals surface area (Å²) >= 11 is 0. The van der Waals surface area contributed by atoms with Crippen molar-refractivity contribution >= 4 is 5.96 Å². The monoisotopic (exact) mass is 411 g/mol. The summed E-state index contributed by atoms with van der Waals surface area (Å²) in [7, 11) is 3.63. The molecular formula is C24H37N5O. The van der Waals surface area contributed by atoms with Crippen LogP contribution in [0.15, 0.2) is 35.3 Å². The first kappa shape index (κ1) is 22.3. The highest BCUT2D eigenvalue weighted by atomic mass is 16.5. The first-order valence-corrected chi connectivity index (χ1v) is 11.1. The molecule has 1 heterocycles. The number of hydrogen-bond acceptors (Lipinski definition) is 3. The van der Waals surface area contributed by atoms with E-state index in [4.69, 9.17) is 9.84 Å². The normalized spacial score (nSPS) is 16.1. The van der Waals surface area contributed by atoms with E-state index in [1.807, 2.05) is 13.1 Å². The van der Waals surface area contributed by atoms with E-state index in [1.165, 1.54) is 42.5 Å². The van der Waals surface area contributed by atoms with E-state index in [-0.39, 0.29) is 0 Å². The summed E-state index contributed by atoms with van der Waals surface area (Å²) in [5, 5.41) is 11.8. The van der Waals surface area contributed by atoms with Gasteiger partial charge in [0.25, 0.3) is 0 Å². The van der Waals surface area contributed by atoms with Crippen molar-refractivity contribution in [3.8, 4) is 0 Å². The minimum Gasteiger partial charge on any atom is -0.385 e. The molecule has 3 rings (SSSR count). The predicted octanol–water partition coefficient (Wildman–Crippen LogP) is 3.81. The van der Waals surface area contributed by atoms with Crippen LogP contribution in [0, 0.1) is 19.3 Å². The van der Waals surface area contributed by atoms with Gasteiger partial charge < -0.3 is 15.4 Å². The Balaban J connectivity index is 1.58. The second-order valence-electron chi connectivity index (χ2n) is 8.52. The number of guanidine groups is 1. The molecule has 6 heteroatoms. The van der Waals surface area contributed by atoms with Crippen LogP contribution in [0.3, 0.4) is 0 Å². The average Bonchev–Trinajstić information content (AvgIpc) is 3.33. The Morgan fingerprint density at radius 1 is 1.17 bits per heavy atom. The highest BCUT2D eigenvalue weighted by Gasteiger charge is 2.33. The zero-order valence-corrected chi connectivity index (χ0v) is 19.0. The number of ether oxygens (including phenoxy) is 1. The van der Waals surface area contributed by atoms with Gasteiger partial charge in [0.15, 0.2) is 5.96 Å². The Bertz CT molecular complexity index is 822. The van der Waals surface area contributed by atoms with Crippen LogP contribution in [0.25, 0.3) is 0 Å². The Kier molecular flexibility index (Phi) is 7.91. The SMILES string of the molecule is CN=C(NCc1c(C)nn(Cc2ccccc2)c1C)NCC1(CCOC)CCCC1. The second kappa shape index (κ2) is 10.6. The molecule has 164 valence electrons. The first-order valence-electron chi connectivity index (χ1n) is 11.1. The van der Waals surface area contributed by atoms with Crippen LogP contribution in [0.5, 0.6) is 0 Å². The molecule has 0 saturated heterocycles. The molecule has 0 aliphatic heterocycles. The van der Waals surface area contributed by atoms with Crippen LogP contribution in [0.1, 0.15) is 54.6 Å². The van der Waals surface area contributed by atoms with Crippen LogP contribution in [0.4, 0.5) is 0 Å². The van der Waals surface area contributed by atoms with Gasteiger partial charge >= 0.3 is 0 Å². The standard InChI is InChI=1S/C24H37N5O/c1-19-22(20(2)29(28-19)17-21-10-6-5-7-11-21)16-26-23(25-3)27-18-24(14-15-30-4)12-8-9-13-24/h5-7,10-11H,8-9,12-18H2,1-4H3,(H2,25,26,27). The fourth-order valence-corrected chi connectivity index (χ4v) is 4.52. The molecule has 30 heavy (non-hydrogen) atoms. The largest absolute Gasteiger partial charge is 0.385 e. The summed E-state index contributed by atoms with van der Waals surface area (Å²) in [5.41, 5.74) is 5.10. The third-order valence-corrected chi connectivity index (χ3v) is 6.49. The van der Waals surface area contributed by atoms with Gasteiger partial charge in [0.1, 0.15) is 0 Å². The van der Waals surface area contributed by atoms with Gasteiger partial charge in [-0.3, -0.25) is 9.67 Å². The summed E-state index contributed by atoms with van der Waals surface area (Å²) in [5.74, 6) is 0.855. The molecule has 1 aliphatic rings. The molecule has 0 spiro atoms. The summed E-state index contributed by atoms with van der Waals surface area (Å²) in [6.07, 6.45) is 6.28. The summed E-state index contributed by atoms with van der Waals surface area (Å²) in [4.78, 5) is 4.45. The number of aromatic nitrogens is 2. The van der Waals surface area contributed by atoms with Crippen molar-refractivity contribution < 1.29 is 4.74 Å². The molecular weight excluding hydrogens is 374 g/mol. The fourth-order valence-electron chi connectivity index (χ4n) is 4.52. The molecule has 1 aromatic heterocycles. The lowest BCUT2D eigenvalue weighted by atomic mass is 9.83. The zero-order chi connectivity index (χ0) is 21.4. The molecule has 0 unspecified atom stereocenters. The number of rotatable bonds is 9. The van der Waals surface area contributed by atoms with Gasteiger partial charge in [0, 0.05) is 45.1 Å². The Morgan fingerprint density at radius 3 is 2.57 bits per heavy atom. The lowest BCUT2D eigenvalue weighted by Crippen LogP contribution is -2.43. The number of aliphatic imine (C=N–C) groups is 1. The third kappa shape index (κ3) is 5.63. The molecule has 0 bridgehead atoms. The van der Waals surface area contributed by atoms with Gasteiger partial charge in [-0.2, -0.15) is 5.10 Å². The van der Waals surface area contributed by atoms with Crippen LogP contribution >= 0.6 is 0 Å². The molecule has 1 aromatic carbocycles. The predicted molar refractivity (Wildman–Crippen MR) is 123 cm³/mol. The van der Waals surface area contributed by atoms with Gasteiger partial charge in [-0.05, 0) is 44.1 Å². The molecule has 1 fully saturated rings. The lowest BCUT2D eigenvalue weighted by Gasteiger charge is -2.30. The summed E-state index contributed by atoms with van der Waals surface area (Å²) in [6.45, 7) is 7.52. The molecule has 0 amide bonds. The highest BCUT2D eigenvalue weighted by Crippen LogP contribution is 2.40. The topological polar surface area (TPSA) is 63.5 Å². The smallest absolute Gasteiger partial charge is 0.191 e. The van der Waals surface area contributed by atoms with E-state index in [2.05, 4.69) is 58.4 Å². The van der Waals surface area contributed by atoms with Gasteiger partial charge in [0.2, 0.25) is 0 Å². The van der Waals surface area contributed by atoms with E-state index >= 15 is 0 Å². The van der Waals surface area contributed by atoms with E-state index < -0.39 is 0 Å². The number of nitrogens with one attached hydrogen (secondary N) is 2. The minimum absolute atomic E-state index is 0.333. The Hall–Kier alpha value is -2.34. The van der Waals surface area contributed by atoms with Crippen molar-refractivity contribution in [3.63, 3.8) is 0 Å². The second-order valence-corrected chi connectivity index (χ2v) is 8.52. The van der Waals surface area contributed by atoms with Crippen molar-refractivity contribution in [2.24, 2.45) is 10.4 Å². The maximum atomic E-state index is 5.36. The van der Waals surface area contributed by atoms with E-state index in [0.717, 1.165) is 44.3 Å². The van der Waals surface area contributed by atoms with Gasteiger partial charge in [0.05, 0.1) is 12.2 Å². The lowest BCUT2D eigenvalue weighted by molar-refractivity contribution is 0.138.